The molecule has 7 rings (SSSR count). The molecule has 5 aliphatic rings. The molecule has 45 heavy (non-hydrogen) atoms. The molecule has 5 heteroatoms. The molecule has 1 aromatic carbocycles. The molecular formula is C40H55FN2O2. The van der Waals surface area contributed by atoms with E-state index in [0.29, 0.717) is 17.5 Å². The van der Waals surface area contributed by atoms with Gasteiger partial charge in [0, 0.05) is 34.9 Å². The number of rotatable bonds is 2. The van der Waals surface area contributed by atoms with E-state index in [0.717, 1.165) is 68.3 Å². The van der Waals surface area contributed by atoms with E-state index in [2.05, 4.69) is 54.5 Å². The van der Waals surface area contributed by atoms with Crippen LogP contribution in [0, 0.1) is 50.6 Å². The van der Waals surface area contributed by atoms with Gasteiger partial charge in [-0.25, -0.2) is 4.39 Å². The predicted molar refractivity (Wildman–Crippen MR) is 179 cm³/mol. The Hall–Kier alpha value is -2.56. The van der Waals surface area contributed by atoms with Gasteiger partial charge in [-0.15, -0.1) is 0 Å². The van der Waals surface area contributed by atoms with Crippen molar-refractivity contribution in [1.29, 1.82) is 0 Å². The van der Waals surface area contributed by atoms with E-state index in [-0.39, 0.29) is 57.6 Å². The van der Waals surface area contributed by atoms with Crippen LogP contribution in [0.4, 0.5) is 4.39 Å². The lowest BCUT2D eigenvalue weighted by atomic mass is 9.33. The van der Waals surface area contributed by atoms with Crippen LogP contribution >= 0.6 is 0 Å². The number of allylic oxidation sites excluding steroid dienone is 2. The lowest BCUT2D eigenvalue weighted by Gasteiger charge is -2.70. The largest absolute Gasteiger partial charge is 0.299 e. The van der Waals surface area contributed by atoms with Gasteiger partial charge in [0.05, 0.1) is 11.4 Å². The van der Waals surface area contributed by atoms with E-state index in [4.69, 9.17) is 5.10 Å². The number of carbonyl (C=O) groups excluding carboxylic acids is 2. The van der Waals surface area contributed by atoms with Crippen molar-refractivity contribution in [3.05, 3.63) is 53.0 Å². The van der Waals surface area contributed by atoms with E-state index in [9.17, 15) is 14.0 Å². The maximum atomic E-state index is 14.9. The average molecular weight is 615 g/mol. The summed E-state index contributed by atoms with van der Waals surface area (Å²) in [5.74, 6) is 0.855. The Labute approximate surface area is 270 Å². The number of fused-ring (bicyclic) bond motifs is 8. The molecule has 0 amide bonds. The van der Waals surface area contributed by atoms with Gasteiger partial charge >= 0.3 is 0 Å². The highest BCUT2D eigenvalue weighted by Gasteiger charge is 2.70. The van der Waals surface area contributed by atoms with E-state index < -0.39 is 0 Å². The fourth-order valence-electron chi connectivity index (χ4n) is 12.1. The van der Waals surface area contributed by atoms with Crippen LogP contribution in [0.2, 0.25) is 0 Å². The van der Waals surface area contributed by atoms with Gasteiger partial charge in [0.1, 0.15) is 11.6 Å². The maximum Gasteiger partial charge on any atom is 0.159 e. The first kappa shape index (κ1) is 32.4. The normalized spacial score (nSPS) is 41.3. The van der Waals surface area contributed by atoms with E-state index in [1.54, 1.807) is 6.92 Å². The Kier molecular flexibility index (Phi) is 7.00. The predicted octanol–water partition coefficient (Wildman–Crippen LogP) is 9.45. The summed E-state index contributed by atoms with van der Waals surface area (Å²) >= 11 is 0. The number of hydrogen-bond donors (Lipinski definition) is 0. The molecule has 0 bridgehead atoms. The second-order valence-corrected chi connectivity index (χ2v) is 17.5. The summed E-state index contributed by atoms with van der Waals surface area (Å²) in [5, 5.41) is 5.12. The summed E-state index contributed by atoms with van der Waals surface area (Å²) in [6.07, 6.45) is 10.1. The Balaban J connectivity index is 0.00000357. The van der Waals surface area contributed by atoms with Gasteiger partial charge in [0.25, 0.3) is 0 Å². The summed E-state index contributed by atoms with van der Waals surface area (Å²) in [5.41, 5.74) is 4.86. The van der Waals surface area contributed by atoms with Gasteiger partial charge in [0.2, 0.25) is 0 Å². The first-order valence-electron chi connectivity index (χ1n) is 17.0. The highest BCUT2D eigenvalue weighted by molar-refractivity contribution is 5.96. The molecule has 244 valence electrons. The Morgan fingerprint density at radius 3 is 2.24 bits per heavy atom. The van der Waals surface area contributed by atoms with E-state index >= 15 is 0 Å². The van der Waals surface area contributed by atoms with Crippen molar-refractivity contribution in [1.82, 2.24) is 9.78 Å². The molecule has 3 fully saturated rings. The molecule has 0 aliphatic heterocycles. The van der Waals surface area contributed by atoms with Crippen molar-refractivity contribution in [3.8, 4) is 11.3 Å². The Morgan fingerprint density at radius 2 is 1.60 bits per heavy atom. The van der Waals surface area contributed by atoms with Crippen molar-refractivity contribution in [2.45, 2.75) is 120 Å². The summed E-state index contributed by atoms with van der Waals surface area (Å²) < 4.78 is 15.9. The molecule has 3 saturated carbocycles. The fraction of sp³-hybridized carbons (Fsp3) is 0.675. The molecule has 1 heterocycles. The molecule has 8 atom stereocenters. The summed E-state index contributed by atoms with van der Waals surface area (Å²) in [6.45, 7) is 18.4. The highest BCUT2D eigenvalue weighted by atomic mass is 19.1. The molecule has 0 radical (unpaired) electrons. The summed E-state index contributed by atoms with van der Waals surface area (Å²) in [4.78, 5) is 27.8. The van der Waals surface area contributed by atoms with Gasteiger partial charge in [-0.05, 0) is 122 Å². The van der Waals surface area contributed by atoms with Crippen molar-refractivity contribution >= 4 is 11.6 Å². The maximum absolute atomic E-state index is 14.9. The number of hydrogen-bond acceptors (Lipinski definition) is 3. The van der Waals surface area contributed by atoms with Crippen molar-refractivity contribution in [3.63, 3.8) is 0 Å². The number of nitrogens with zero attached hydrogens (tertiary/aromatic N) is 2. The molecule has 4 nitrogen and oxygen atoms in total. The zero-order valence-corrected chi connectivity index (χ0v) is 28.4. The number of aryl methyl sites for hydroxylation is 1. The smallest absolute Gasteiger partial charge is 0.159 e. The van der Waals surface area contributed by atoms with Crippen LogP contribution in [0.1, 0.15) is 119 Å². The molecular weight excluding hydrogens is 559 g/mol. The zero-order chi connectivity index (χ0) is 31.8. The third-order valence-electron chi connectivity index (χ3n) is 15.0. The lowest BCUT2D eigenvalue weighted by molar-refractivity contribution is -0.172. The zero-order valence-electron chi connectivity index (χ0n) is 28.4. The molecule has 1 aromatic heterocycles. The summed E-state index contributed by atoms with van der Waals surface area (Å²) in [6, 6.07) is 6.78. The molecule has 0 saturated heterocycles. The summed E-state index contributed by atoms with van der Waals surface area (Å²) in [7, 11) is 2.00. The second kappa shape index (κ2) is 9.73. The SMILES string of the molecule is C.CC(=O)C1(C)CCC2(C)CCC3(C)C(=CC(=O)C4C5(C)Cc6c(nn(C)c6-c6ccc(F)cc6)C(C)(C)C5CCC43C)C2C1. The topological polar surface area (TPSA) is 52.0 Å². The minimum atomic E-state index is -0.311. The van der Waals surface area contributed by atoms with Crippen LogP contribution in [0.3, 0.4) is 0 Å². The molecule has 0 N–H and O–H groups in total. The Morgan fingerprint density at radius 1 is 0.956 bits per heavy atom. The van der Waals surface area contributed by atoms with Crippen LogP contribution in [0.5, 0.6) is 0 Å². The van der Waals surface area contributed by atoms with Crippen LogP contribution in [0.15, 0.2) is 35.9 Å². The van der Waals surface area contributed by atoms with Crippen LogP contribution < -0.4 is 0 Å². The number of benzene rings is 1. The molecule has 8 unspecified atom stereocenters. The van der Waals surface area contributed by atoms with Crippen LogP contribution in [0.25, 0.3) is 11.3 Å². The number of carbonyl (C=O) groups is 2. The minimum absolute atomic E-state index is 0. The molecule has 2 aromatic rings. The highest BCUT2D eigenvalue weighted by Crippen LogP contribution is 2.75. The first-order chi connectivity index (χ1) is 20.4. The van der Waals surface area contributed by atoms with Gasteiger partial charge in [-0.3, -0.25) is 14.3 Å². The van der Waals surface area contributed by atoms with Gasteiger partial charge in [-0.2, -0.15) is 5.10 Å². The second-order valence-electron chi connectivity index (χ2n) is 17.5. The average Bonchev–Trinajstić information content (AvgIpc) is 3.27. The van der Waals surface area contributed by atoms with Crippen LogP contribution in [-0.4, -0.2) is 21.3 Å². The van der Waals surface area contributed by atoms with Crippen LogP contribution in [-0.2, 0) is 28.5 Å². The van der Waals surface area contributed by atoms with E-state index in [1.807, 2.05) is 23.9 Å². The Bertz CT molecular complexity index is 1620. The fourth-order valence-corrected chi connectivity index (χ4v) is 12.1. The molecule has 5 aliphatic carbocycles. The van der Waals surface area contributed by atoms with Crippen molar-refractivity contribution < 1.29 is 14.0 Å². The number of halogens is 1. The lowest BCUT2D eigenvalue weighted by Crippen LogP contribution is -2.66. The third kappa shape index (κ3) is 4.03. The first-order valence-corrected chi connectivity index (χ1v) is 17.0. The van der Waals surface area contributed by atoms with Gasteiger partial charge < -0.3 is 0 Å². The standard InChI is InChI=1S/C39H51FN2O2.CH4/c1-23(43)36(5)17-16-35(4)18-19-38(7)27(28(35)22-36)20-29(44)32-37(6)21-26-31(24-10-12-25(40)13-11-24)42(9)41-33(26)34(2,3)30(37)14-15-39(32,38)8;/h10-13,20,28,30,32H,14-19,21-22H2,1-9H3;1H4. The monoisotopic (exact) mass is 614 g/mol. The number of Topliss-reactive ketones (excluding diaryl/α,β-unsaturated/α-hetero) is 1. The number of ketones is 2. The number of aromatic nitrogens is 2. The quantitative estimate of drug-likeness (QED) is 0.339. The van der Waals surface area contributed by atoms with Gasteiger partial charge in [0.15, 0.2) is 5.78 Å². The molecule has 0 spiro atoms. The minimum Gasteiger partial charge on any atom is -0.299 e. The van der Waals surface area contributed by atoms with E-state index in [1.165, 1.54) is 23.3 Å². The van der Waals surface area contributed by atoms with Crippen molar-refractivity contribution in [2.75, 3.05) is 0 Å². The van der Waals surface area contributed by atoms with Crippen molar-refractivity contribution in [2.24, 2.45) is 51.9 Å². The van der Waals surface area contributed by atoms with Gasteiger partial charge in [-0.1, -0.05) is 61.5 Å². The third-order valence-corrected chi connectivity index (χ3v) is 15.0.